The summed E-state index contributed by atoms with van der Waals surface area (Å²) >= 11 is 5.97. The van der Waals surface area contributed by atoms with Crippen LogP contribution in [-0.4, -0.2) is 36.4 Å². The Balaban J connectivity index is 1.81. The predicted molar refractivity (Wildman–Crippen MR) is 120 cm³/mol. The highest BCUT2D eigenvalue weighted by molar-refractivity contribution is 6.30. The number of carbonyl (C=O) groups is 2. The van der Waals surface area contributed by atoms with E-state index in [4.69, 9.17) is 16.3 Å². The van der Waals surface area contributed by atoms with Gasteiger partial charge in [-0.15, -0.1) is 0 Å². The van der Waals surface area contributed by atoms with E-state index in [1.165, 1.54) is 0 Å². The number of nitrogens with zero attached hydrogens (tertiary/aromatic N) is 1. The van der Waals surface area contributed by atoms with Crippen LogP contribution >= 0.6 is 11.6 Å². The maximum atomic E-state index is 13.1. The van der Waals surface area contributed by atoms with E-state index in [1.54, 1.807) is 24.1 Å². The summed E-state index contributed by atoms with van der Waals surface area (Å²) in [6.45, 7) is 2.02. The molecule has 0 radical (unpaired) electrons. The molecular formula is C24H25ClN2O3. The zero-order valence-electron chi connectivity index (χ0n) is 17.1. The van der Waals surface area contributed by atoms with Gasteiger partial charge in [0, 0.05) is 24.0 Å². The molecule has 0 saturated heterocycles. The fourth-order valence-corrected chi connectivity index (χ4v) is 3.54. The minimum atomic E-state index is -0.589. The van der Waals surface area contributed by atoms with E-state index in [1.807, 2.05) is 61.5 Å². The highest BCUT2D eigenvalue weighted by atomic mass is 35.5. The Morgan fingerprint density at radius 1 is 1.03 bits per heavy atom. The second kappa shape index (κ2) is 10.1. The number of hydrogen-bond acceptors (Lipinski definition) is 3. The Hall–Kier alpha value is -3.05. The van der Waals surface area contributed by atoms with Gasteiger partial charge in [0.1, 0.15) is 11.8 Å². The number of nitrogens with one attached hydrogen (secondary N) is 1. The highest BCUT2D eigenvalue weighted by Gasteiger charge is 2.28. The largest absolute Gasteiger partial charge is 0.483 e. The van der Waals surface area contributed by atoms with Crippen LogP contribution in [0.4, 0.5) is 0 Å². The lowest BCUT2D eigenvalue weighted by molar-refractivity contribution is -0.142. The van der Waals surface area contributed by atoms with Gasteiger partial charge in [0.05, 0.1) is 0 Å². The van der Waals surface area contributed by atoms with Crippen molar-refractivity contribution in [2.24, 2.45) is 0 Å². The van der Waals surface area contributed by atoms with Crippen LogP contribution in [0.25, 0.3) is 10.8 Å². The van der Waals surface area contributed by atoms with Crippen molar-refractivity contribution in [1.29, 1.82) is 0 Å². The third-order valence-electron chi connectivity index (χ3n) is 5.00. The predicted octanol–water partition coefficient (Wildman–Crippen LogP) is 4.43. The van der Waals surface area contributed by atoms with E-state index < -0.39 is 6.04 Å². The van der Waals surface area contributed by atoms with E-state index in [-0.39, 0.29) is 18.4 Å². The first-order chi connectivity index (χ1) is 14.5. The third kappa shape index (κ3) is 5.10. The number of ether oxygens (including phenoxy) is 1. The molecule has 3 aromatic rings. The lowest BCUT2D eigenvalue weighted by atomic mass is 10.1. The quantitative estimate of drug-likeness (QED) is 0.582. The number of likely N-dealkylation sites (N-methyl/N-ethyl adjacent to an activating group) is 1. The normalized spacial score (nSPS) is 11.7. The van der Waals surface area contributed by atoms with Crippen molar-refractivity contribution >= 4 is 34.2 Å². The second-order valence-corrected chi connectivity index (χ2v) is 7.39. The first-order valence-corrected chi connectivity index (χ1v) is 10.3. The smallest absolute Gasteiger partial charge is 0.261 e. The Morgan fingerprint density at radius 2 is 1.73 bits per heavy atom. The summed E-state index contributed by atoms with van der Waals surface area (Å²) in [5, 5.41) is 5.25. The summed E-state index contributed by atoms with van der Waals surface area (Å²) in [4.78, 5) is 27.1. The maximum Gasteiger partial charge on any atom is 0.261 e. The molecule has 0 saturated carbocycles. The highest BCUT2D eigenvalue weighted by Crippen LogP contribution is 2.25. The van der Waals surface area contributed by atoms with Gasteiger partial charge in [0.2, 0.25) is 5.91 Å². The van der Waals surface area contributed by atoms with Crippen LogP contribution in [0.5, 0.6) is 5.75 Å². The third-order valence-corrected chi connectivity index (χ3v) is 5.25. The molecule has 2 amide bonds. The molecule has 0 aliphatic heterocycles. The van der Waals surface area contributed by atoms with Gasteiger partial charge in [0.15, 0.2) is 6.61 Å². The lowest BCUT2D eigenvalue weighted by Gasteiger charge is -2.30. The number of halogens is 1. The summed E-state index contributed by atoms with van der Waals surface area (Å²) in [7, 11) is 1.57. The van der Waals surface area contributed by atoms with Crippen molar-refractivity contribution in [2.45, 2.75) is 25.9 Å². The molecule has 1 atom stereocenters. The first-order valence-electron chi connectivity index (χ1n) is 9.89. The van der Waals surface area contributed by atoms with Crippen LogP contribution in [-0.2, 0) is 16.1 Å². The number of hydrogen-bond donors (Lipinski definition) is 1. The zero-order valence-corrected chi connectivity index (χ0v) is 17.9. The molecule has 0 aromatic heterocycles. The summed E-state index contributed by atoms with van der Waals surface area (Å²) in [6.07, 6.45) is 0.493. The van der Waals surface area contributed by atoms with Crippen LogP contribution in [0.15, 0.2) is 66.7 Å². The Kier molecular flexibility index (Phi) is 7.31. The van der Waals surface area contributed by atoms with Crippen molar-refractivity contribution in [2.75, 3.05) is 13.7 Å². The van der Waals surface area contributed by atoms with Crippen molar-refractivity contribution in [3.8, 4) is 5.75 Å². The van der Waals surface area contributed by atoms with Gasteiger partial charge in [-0.1, -0.05) is 67.1 Å². The molecule has 0 bridgehead atoms. The summed E-state index contributed by atoms with van der Waals surface area (Å²) in [5.74, 6) is 0.180. The van der Waals surface area contributed by atoms with Crippen LogP contribution in [0, 0.1) is 0 Å². The van der Waals surface area contributed by atoms with Crippen LogP contribution in [0.1, 0.15) is 18.9 Å². The van der Waals surface area contributed by atoms with Gasteiger partial charge >= 0.3 is 0 Å². The lowest BCUT2D eigenvalue weighted by Crippen LogP contribution is -2.49. The van der Waals surface area contributed by atoms with E-state index in [9.17, 15) is 9.59 Å². The van der Waals surface area contributed by atoms with Gasteiger partial charge in [-0.05, 0) is 35.6 Å². The Morgan fingerprint density at radius 3 is 2.43 bits per heavy atom. The molecule has 1 N–H and O–H groups in total. The number of fused-ring (bicyclic) bond motifs is 1. The molecule has 0 spiro atoms. The van der Waals surface area contributed by atoms with Gasteiger partial charge in [-0.2, -0.15) is 0 Å². The number of benzene rings is 3. The minimum Gasteiger partial charge on any atom is -0.483 e. The average Bonchev–Trinajstić information content (AvgIpc) is 2.78. The van der Waals surface area contributed by atoms with E-state index in [2.05, 4.69) is 5.32 Å². The Labute approximate surface area is 181 Å². The topological polar surface area (TPSA) is 58.6 Å². The molecule has 30 heavy (non-hydrogen) atoms. The van der Waals surface area contributed by atoms with Crippen molar-refractivity contribution < 1.29 is 14.3 Å². The average molecular weight is 425 g/mol. The molecular weight excluding hydrogens is 400 g/mol. The zero-order chi connectivity index (χ0) is 21.5. The molecule has 0 unspecified atom stereocenters. The van der Waals surface area contributed by atoms with Crippen molar-refractivity contribution in [1.82, 2.24) is 10.2 Å². The molecule has 0 heterocycles. The number of carbonyl (C=O) groups excluding carboxylic acids is 2. The van der Waals surface area contributed by atoms with Gasteiger partial charge in [0.25, 0.3) is 5.91 Å². The van der Waals surface area contributed by atoms with Crippen LogP contribution in [0.2, 0.25) is 5.02 Å². The van der Waals surface area contributed by atoms with Gasteiger partial charge < -0.3 is 15.0 Å². The molecule has 3 aromatic carbocycles. The molecule has 0 aliphatic rings. The summed E-state index contributed by atoms with van der Waals surface area (Å²) in [6, 6.07) is 20.2. The molecule has 3 rings (SSSR count). The minimum absolute atomic E-state index is 0.158. The summed E-state index contributed by atoms with van der Waals surface area (Å²) < 4.78 is 5.88. The molecule has 5 nitrogen and oxygen atoms in total. The Bertz CT molecular complexity index is 1020. The van der Waals surface area contributed by atoms with Crippen LogP contribution < -0.4 is 10.1 Å². The summed E-state index contributed by atoms with van der Waals surface area (Å²) in [5.41, 5.74) is 0.889. The standard InChI is InChI=1S/C24H25ClN2O3/c1-3-21(24(29)26-2)27(15-17-11-13-19(25)14-12-17)23(28)16-30-22-10-6-8-18-7-4-5-9-20(18)22/h4-14,21H,3,15-16H2,1-2H3,(H,26,29)/t21-/m0/s1. The maximum absolute atomic E-state index is 13.1. The molecule has 156 valence electrons. The molecule has 0 fully saturated rings. The van der Waals surface area contributed by atoms with Crippen molar-refractivity contribution in [3.05, 3.63) is 77.3 Å². The molecule has 6 heteroatoms. The van der Waals surface area contributed by atoms with Crippen LogP contribution in [0.3, 0.4) is 0 Å². The van der Waals surface area contributed by atoms with E-state index >= 15 is 0 Å². The monoisotopic (exact) mass is 424 g/mol. The fourth-order valence-electron chi connectivity index (χ4n) is 3.42. The number of amides is 2. The fraction of sp³-hybridized carbons (Fsp3) is 0.250. The molecule has 0 aliphatic carbocycles. The number of rotatable bonds is 8. The van der Waals surface area contributed by atoms with E-state index in [0.29, 0.717) is 23.7 Å². The first kappa shape index (κ1) is 21.7. The van der Waals surface area contributed by atoms with Gasteiger partial charge in [-0.25, -0.2) is 0 Å². The SMILES string of the molecule is CC[C@@H](C(=O)NC)N(Cc1ccc(Cl)cc1)C(=O)COc1cccc2ccccc12. The second-order valence-electron chi connectivity index (χ2n) is 6.95. The van der Waals surface area contributed by atoms with E-state index in [0.717, 1.165) is 16.3 Å². The van der Waals surface area contributed by atoms with Crippen molar-refractivity contribution in [3.63, 3.8) is 0 Å². The van der Waals surface area contributed by atoms with Gasteiger partial charge in [-0.3, -0.25) is 9.59 Å².